The quantitative estimate of drug-likeness (QED) is 0.578. The maximum Gasteiger partial charge on any atom is 0.130 e. The lowest BCUT2D eigenvalue weighted by molar-refractivity contribution is 1.05. The number of aromatic nitrogens is 2. The molecule has 0 N–H and O–H groups in total. The van der Waals surface area contributed by atoms with Gasteiger partial charge in [0.1, 0.15) is 9.68 Å². The molecule has 1 aromatic rings. The van der Waals surface area contributed by atoms with E-state index in [9.17, 15) is 0 Å². The number of hydrogen-bond acceptors (Lipinski definition) is 1. The molecule has 10 heavy (non-hydrogen) atoms. The van der Waals surface area contributed by atoms with Gasteiger partial charge in [-0.05, 0) is 19.9 Å². The molecule has 0 aliphatic carbocycles. The SMILES string of the molecule is CC[SiH2]n1cc(C)nc1C. The molecule has 0 aromatic carbocycles. The fraction of sp³-hybridized carbons (Fsp3) is 0.571. The van der Waals surface area contributed by atoms with E-state index < -0.39 is 0 Å². The summed E-state index contributed by atoms with van der Waals surface area (Å²) in [5, 5.41) is 0. The van der Waals surface area contributed by atoms with E-state index in [4.69, 9.17) is 0 Å². The molecule has 0 unspecified atom stereocenters. The van der Waals surface area contributed by atoms with Crippen LogP contribution in [-0.4, -0.2) is 18.9 Å². The molecule has 1 heterocycles. The number of imidazole rings is 1. The molecule has 0 saturated heterocycles. The first-order valence-electron chi connectivity index (χ1n) is 3.74. The Balaban J connectivity index is 2.81. The third-order valence-electron chi connectivity index (χ3n) is 1.56. The summed E-state index contributed by atoms with van der Waals surface area (Å²) < 4.78 is 2.33. The topological polar surface area (TPSA) is 17.8 Å². The van der Waals surface area contributed by atoms with Crippen LogP contribution in [-0.2, 0) is 0 Å². The van der Waals surface area contributed by atoms with Crippen LogP contribution < -0.4 is 0 Å². The van der Waals surface area contributed by atoms with Crippen LogP contribution in [0.1, 0.15) is 18.4 Å². The van der Waals surface area contributed by atoms with Crippen LogP contribution in [0.3, 0.4) is 0 Å². The minimum atomic E-state index is -0.0550. The van der Waals surface area contributed by atoms with Crippen molar-refractivity contribution in [2.45, 2.75) is 26.8 Å². The minimum absolute atomic E-state index is 0.0550. The summed E-state index contributed by atoms with van der Waals surface area (Å²) in [6, 6.07) is 1.32. The van der Waals surface area contributed by atoms with Crippen LogP contribution >= 0.6 is 0 Å². The fourth-order valence-electron chi connectivity index (χ4n) is 1.13. The second kappa shape index (κ2) is 3.01. The highest BCUT2D eigenvalue weighted by atomic mass is 28.2. The Morgan fingerprint density at radius 2 is 2.30 bits per heavy atom. The lowest BCUT2D eigenvalue weighted by Crippen LogP contribution is -2.04. The Morgan fingerprint density at radius 3 is 2.70 bits per heavy atom. The molecule has 0 radical (unpaired) electrons. The largest absolute Gasteiger partial charge is 0.368 e. The molecule has 0 saturated carbocycles. The smallest absolute Gasteiger partial charge is 0.130 e. The minimum Gasteiger partial charge on any atom is -0.368 e. The zero-order chi connectivity index (χ0) is 7.56. The molecule has 1 rings (SSSR count). The van der Waals surface area contributed by atoms with Gasteiger partial charge in [0.05, 0.1) is 11.5 Å². The molecule has 56 valence electrons. The Bertz CT molecular complexity index is 217. The van der Waals surface area contributed by atoms with Crippen LogP contribution in [0.4, 0.5) is 0 Å². The molecular weight excluding hydrogens is 140 g/mol. The second-order valence-electron chi connectivity index (χ2n) is 2.62. The molecule has 0 bridgehead atoms. The summed E-state index contributed by atoms with van der Waals surface area (Å²) >= 11 is 0. The average Bonchev–Trinajstić information content (AvgIpc) is 2.13. The molecular formula is C7H14N2Si. The summed E-state index contributed by atoms with van der Waals surface area (Å²) in [7, 11) is -0.0550. The van der Waals surface area contributed by atoms with Gasteiger partial charge in [-0.15, -0.1) is 0 Å². The van der Waals surface area contributed by atoms with Crippen molar-refractivity contribution in [3.8, 4) is 0 Å². The van der Waals surface area contributed by atoms with Gasteiger partial charge in [0.15, 0.2) is 0 Å². The van der Waals surface area contributed by atoms with Crippen LogP contribution in [0, 0.1) is 13.8 Å². The number of aryl methyl sites for hydroxylation is 2. The van der Waals surface area contributed by atoms with E-state index in [1.165, 1.54) is 11.9 Å². The number of nitrogens with zero attached hydrogens (tertiary/aromatic N) is 2. The van der Waals surface area contributed by atoms with Gasteiger partial charge in [-0.1, -0.05) is 6.92 Å². The molecule has 0 atom stereocenters. The van der Waals surface area contributed by atoms with Crippen LogP contribution in [0.5, 0.6) is 0 Å². The van der Waals surface area contributed by atoms with Crippen LogP contribution in [0.2, 0.25) is 6.04 Å². The summed E-state index contributed by atoms with van der Waals surface area (Å²) in [5.74, 6) is 1.19. The summed E-state index contributed by atoms with van der Waals surface area (Å²) in [6.45, 7) is 6.37. The van der Waals surface area contributed by atoms with Gasteiger partial charge in [0.2, 0.25) is 0 Å². The molecule has 0 fully saturated rings. The van der Waals surface area contributed by atoms with E-state index in [0.29, 0.717) is 0 Å². The van der Waals surface area contributed by atoms with E-state index in [1.54, 1.807) is 0 Å². The first-order valence-corrected chi connectivity index (χ1v) is 5.37. The molecule has 0 amide bonds. The standard InChI is InChI=1S/C7H14N2Si/c1-4-10-9-5-6(2)8-7(9)3/h5H,4,10H2,1-3H3. The number of rotatable bonds is 2. The van der Waals surface area contributed by atoms with Gasteiger partial charge >= 0.3 is 0 Å². The first kappa shape index (κ1) is 7.53. The zero-order valence-electron chi connectivity index (χ0n) is 6.89. The molecule has 0 aliphatic rings. The lowest BCUT2D eigenvalue weighted by Gasteiger charge is -1.98. The van der Waals surface area contributed by atoms with Crippen molar-refractivity contribution in [3.63, 3.8) is 0 Å². The summed E-state index contributed by atoms with van der Waals surface area (Å²) in [6.07, 6.45) is 2.16. The van der Waals surface area contributed by atoms with Crippen molar-refractivity contribution in [2.24, 2.45) is 0 Å². The lowest BCUT2D eigenvalue weighted by atomic mass is 10.6. The predicted octanol–water partition coefficient (Wildman–Crippen LogP) is 0.870. The van der Waals surface area contributed by atoms with Gasteiger partial charge in [0.25, 0.3) is 0 Å². The highest BCUT2D eigenvalue weighted by Crippen LogP contribution is 1.98. The van der Waals surface area contributed by atoms with Crippen molar-refractivity contribution in [3.05, 3.63) is 17.7 Å². The Kier molecular flexibility index (Phi) is 2.27. The highest BCUT2D eigenvalue weighted by Gasteiger charge is 1.97. The molecule has 1 aromatic heterocycles. The normalized spacial score (nSPS) is 11.5. The molecule has 0 aliphatic heterocycles. The number of hydrogen-bond donors (Lipinski definition) is 0. The van der Waals surface area contributed by atoms with E-state index in [2.05, 4.69) is 29.3 Å². The van der Waals surface area contributed by atoms with Gasteiger partial charge in [0, 0.05) is 6.20 Å². The highest BCUT2D eigenvalue weighted by molar-refractivity contribution is 6.33. The summed E-state index contributed by atoms with van der Waals surface area (Å²) in [4.78, 5) is 4.33. The third-order valence-corrected chi connectivity index (χ3v) is 3.13. The average molecular weight is 154 g/mol. The second-order valence-corrected chi connectivity index (χ2v) is 4.75. The maximum absolute atomic E-state index is 4.33. The molecule has 2 nitrogen and oxygen atoms in total. The molecule has 3 heteroatoms. The van der Waals surface area contributed by atoms with Crippen LogP contribution in [0.25, 0.3) is 0 Å². The van der Waals surface area contributed by atoms with Crippen molar-refractivity contribution in [1.29, 1.82) is 0 Å². The van der Waals surface area contributed by atoms with E-state index in [1.807, 2.05) is 6.92 Å². The molecule has 0 spiro atoms. The Labute approximate surface area is 64.2 Å². The summed E-state index contributed by atoms with van der Waals surface area (Å²) in [5.41, 5.74) is 1.15. The zero-order valence-corrected chi connectivity index (χ0v) is 8.30. The van der Waals surface area contributed by atoms with E-state index >= 15 is 0 Å². The van der Waals surface area contributed by atoms with Gasteiger partial charge < -0.3 is 4.23 Å². The third kappa shape index (κ3) is 1.47. The van der Waals surface area contributed by atoms with Crippen molar-refractivity contribution in [1.82, 2.24) is 9.22 Å². The van der Waals surface area contributed by atoms with E-state index in [-0.39, 0.29) is 9.68 Å². The van der Waals surface area contributed by atoms with Gasteiger partial charge in [-0.25, -0.2) is 4.98 Å². The van der Waals surface area contributed by atoms with E-state index in [0.717, 1.165) is 5.69 Å². The first-order chi connectivity index (χ1) is 4.74. The maximum atomic E-state index is 4.33. The predicted molar refractivity (Wildman–Crippen MR) is 46.1 cm³/mol. The van der Waals surface area contributed by atoms with Gasteiger partial charge in [-0.3, -0.25) is 0 Å². The van der Waals surface area contributed by atoms with Gasteiger partial charge in [-0.2, -0.15) is 0 Å². The fourth-order valence-corrected chi connectivity index (χ4v) is 2.40. The Hall–Kier alpha value is -0.573. The van der Waals surface area contributed by atoms with Crippen LogP contribution in [0.15, 0.2) is 6.20 Å². The van der Waals surface area contributed by atoms with Crippen molar-refractivity contribution < 1.29 is 0 Å². The Morgan fingerprint density at radius 1 is 1.60 bits per heavy atom. The van der Waals surface area contributed by atoms with Crippen molar-refractivity contribution >= 4 is 9.68 Å². The van der Waals surface area contributed by atoms with Crippen molar-refractivity contribution in [2.75, 3.05) is 0 Å². The monoisotopic (exact) mass is 154 g/mol.